The minimum absolute atomic E-state index is 0.118. The van der Waals surface area contributed by atoms with Crippen LogP contribution in [0.4, 0.5) is 5.88 Å². The van der Waals surface area contributed by atoms with Crippen molar-refractivity contribution >= 4 is 22.8 Å². The monoisotopic (exact) mass is 359 g/mol. The highest BCUT2D eigenvalue weighted by molar-refractivity contribution is 6.10. The minimum Gasteiger partial charge on any atom is -0.478 e. The predicted octanol–water partition coefficient (Wildman–Crippen LogP) is 5.37. The summed E-state index contributed by atoms with van der Waals surface area (Å²) in [5.41, 5.74) is 2.46. The highest BCUT2D eigenvalue weighted by atomic mass is 16.6. The van der Waals surface area contributed by atoms with Crippen molar-refractivity contribution in [2.45, 2.75) is 0 Å². The van der Waals surface area contributed by atoms with Crippen molar-refractivity contribution < 1.29 is 19.2 Å². The lowest BCUT2D eigenvalue weighted by molar-refractivity contribution is -0.400. The van der Waals surface area contributed by atoms with Crippen LogP contribution < -0.4 is 0 Å². The summed E-state index contributed by atoms with van der Waals surface area (Å²) in [7, 11) is 0. The molecular weight excluding hydrogens is 346 g/mol. The Labute approximate surface area is 153 Å². The Morgan fingerprint density at radius 3 is 2.26 bits per heavy atom. The largest absolute Gasteiger partial charge is 0.478 e. The summed E-state index contributed by atoms with van der Waals surface area (Å²) in [4.78, 5) is 22.7. The van der Waals surface area contributed by atoms with Gasteiger partial charge >= 0.3 is 11.9 Å². The zero-order valence-electron chi connectivity index (χ0n) is 14.0. The highest BCUT2D eigenvalue weighted by Gasteiger charge is 2.28. The molecular formula is C21H13NO5. The molecule has 1 heterocycles. The molecule has 0 atom stereocenters. The van der Waals surface area contributed by atoms with Crippen LogP contribution in [0.25, 0.3) is 33.2 Å². The molecule has 6 heteroatoms. The van der Waals surface area contributed by atoms with E-state index in [0.29, 0.717) is 33.2 Å². The number of aromatic carboxylic acids is 1. The molecule has 4 rings (SSSR count). The zero-order valence-corrected chi connectivity index (χ0v) is 14.0. The number of hydrogen-bond donors (Lipinski definition) is 1. The van der Waals surface area contributed by atoms with Crippen LogP contribution in [-0.4, -0.2) is 16.0 Å². The van der Waals surface area contributed by atoms with Crippen LogP contribution in [0.1, 0.15) is 10.4 Å². The standard InChI is InChI=1S/C21H13NO5/c23-21(24)16-10-5-4-9-14(16)15-11-6-12-17-19(15)18(20(27-17)22(25)26)13-7-2-1-3-8-13/h1-12H,(H,23,24). The Bertz CT molecular complexity index is 1180. The van der Waals surface area contributed by atoms with E-state index in [1.54, 1.807) is 60.7 Å². The first-order valence-corrected chi connectivity index (χ1v) is 8.16. The average Bonchev–Trinajstić information content (AvgIpc) is 3.08. The molecule has 0 saturated heterocycles. The first-order chi connectivity index (χ1) is 13.1. The third-order valence-electron chi connectivity index (χ3n) is 4.37. The molecule has 132 valence electrons. The second kappa shape index (κ2) is 6.42. The Kier molecular flexibility index (Phi) is 3.93. The molecule has 6 nitrogen and oxygen atoms in total. The van der Waals surface area contributed by atoms with Crippen LogP contribution in [0.2, 0.25) is 0 Å². The fraction of sp³-hybridized carbons (Fsp3) is 0. The third-order valence-corrected chi connectivity index (χ3v) is 4.37. The van der Waals surface area contributed by atoms with E-state index < -0.39 is 10.9 Å². The fourth-order valence-corrected chi connectivity index (χ4v) is 3.27. The van der Waals surface area contributed by atoms with Crippen molar-refractivity contribution in [2.75, 3.05) is 0 Å². The van der Waals surface area contributed by atoms with Crippen molar-refractivity contribution in [3.05, 3.63) is 88.5 Å². The molecule has 0 amide bonds. The molecule has 4 aromatic rings. The van der Waals surface area contributed by atoms with Gasteiger partial charge in [-0.25, -0.2) is 4.79 Å². The first kappa shape index (κ1) is 16.5. The minimum atomic E-state index is -1.07. The average molecular weight is 359 g/mol. The van der Waals surface area contributed by atoms with Gasteiger partial charge in [-0.2, -0.15) is 0 Å². The summed E-state index contributed by atoms with van der Waals surface area (Å²) < 4.78 is 5.53. The van der Waals surface area contributed by atoms with Gasteiger partial charge in [0, 0.05) is 5.39 Å². The molecule has 0 aliphatic rings. The summed E-state index contributed by atoms with van der Waals surface area (Å²) in [6.07, 6.45) is 0. The third kappa shape index (κ3) is 2.73. The van der Waals surface area contributed by atoms with Crippen molar-refractivity contribution in [3.63, 3.8) is 0 Å². The van der Waals surface area contributed by atoms with E-state index in [-0.39, 0.29) is 11.4 Å². The topological polar surface area (TPSA) is 93.6 Å². The second-order valence-corrected chi connectivity index (χ2v) is 5.93. The van der Waals surface area contributed by atoms with Gasteiger partial charge in [0.1, 0.15) is 16.1 Å². The van der Waals surface area contributed by atoms with Gasteiger partial charge in [0.25, 0.3) is 0 Å². The van der Waals surface area contributed by atoms with Crippen molar-refractivity contribution in [1.29, 1.82) is 0 Å². The van der Waals surface area contributed by atoms with Crippen LogP contribution in [0, 0.1) is 10.1 Å². The maximum atomic E-state index is 11.7. The maximum absolute atomic E-state index is 11.7. The predicted molar refractivity (Wildman–Crippen MR) is 101 cm³/mol. The molecule has 0 aliphatic carbocycles. The quantitative estimate of drug-likeness (QED) is 0.390. The number of furan rings is 1. The van der Waals surface area contributed by atoms with Crippen LogP contribution in [0.3, 0.4) is 0 Å². The lowest BCUT2D eigenvalue weighted by Crippen LogP contribution is -1.99. The van der Waals surface area contributed by atoms with Crippen LogP contribution >= 0.6 is 0 Å². The van der Waals surface area contributed by atoms with Gasteiger partial charge in [0.05, 0.1) is 5.56 Å². The Hall–Kier alpha value is -3.93. The number of carboxylic acid groups (broad SMARTS) is 1. The molecule has 0 fully saturated rings. The Balaban J connectivity index is 2.14. The van der Waals surface area contributed by atoms with Gasteiger partial charge in [0.2, 0.25) is 0 Å². The number of carbonyl (C=O) groups is 1. The van der Waals surface area contributed by atoms with Crippen molar-refractivity contribution in [1.82, 2.24) is 0 Å². The molecule has 3 aromatic carbocycles. The Morgan fingerprint density at radius 1 is 0.889 bits per heavy atom. The van der Waals surface area contributed by atoms with E-state index in [9.17, 15) is 20.0 Å². The van der Waals surface area contributed by atoms with E-state index in [1.165, 1.54) is 6.07 Å². The molecule has 0 aliphatic heterocycles. The van der Waals surface area contributed by atoms with E-state index >= 15 is 0 Å². The number of nitrogens with zero attached hydrogens (tertiary/aromatic N) is 1. The van der Waals surface area contributed by atoms with Crippen LogP contribution in [0.15, 0.2) is 77.2 Å². The van der Waals surface area contributed by atoms with Gasteiger partial charge in [-0.15, -0.1) is 0 Å². The van der Waals surface area contributed by atoms with Gasteiger partial charge in [0.15, 0.2) is 0 Å². The number of nitro groups is 1. The maximum Gasteiger partial charge on any atom is 0.442 e. The molecule has 1 aromatic heterocycles. The van der Waals surface area contributed by atoms with Gasteiger partial charge < -0.3 is 9.52 Å². The molecule has 1 N–H and O–H groups in total. The van der Waals surface area contributed by atoms with E-state index in [4.69, 9.17) is 4.42 Å². The molecule has 0 spiro atoms. The molecule has 0 bridgehead atoms. The molecule has 27 heavy (non-hydrogen) atoms. The summed E-state index contributed by atoms with van der Waals surface area (Å²) in [6, 6.07) is 20.6. The second-order valence-electron chi connectivity index (χ2n) is 5.93. The zero-order chi connectivity index (χ0) is 19.0. The van der Waals surface area contributed by atoms with Crippen LogP contribution in [-0.2, 0) is 0 Å². The summed E-state index contributed by atoms with van der Waals surface area (Å²) in [5, 5.41) is 21.7. The van der Waals surface area contributed by atoms with Gasteiger partial charge in [-0.05, 0) is 28.8 Å². The number of benzene rings is 3. The van der Waals surface area contributed by atoms with Gasteiger partial charge in [-0.1, -0.05) is 60.7 Å². The molecule has 0 unspecified atom stereocenters. The van der Waals surface area contributed by atoms with Crippen molar-refractivity contribution in [2.24, 2.45) is 0 Å². The summed E-state index contributed by atoms with van der Waals surface area (Å²) in [5.74, 6) is -1.43. The number of carboxylic acids is 1. The highest BCUT2D eigenvalue weighted by Crippen LogP contribution is 2.44. The number of fused-ring (bicyclic) bond motifs is 1. The normalized spacial score (nSPS) is 10.8. The number of rotatable bonds is 4. The molecule has 0 saturated carbocycles. The summed E-state index contributed by atoms with van der Waals surface area (Å²) >= 11 is 0. The van der Waals surface area contributed by atoms with Crippen molar-refractivity contribution in [3.8, 4) is 22.3 Å². The van der Waals surface area contributed by atoms with E-state index in [0.717, 1.165) is 0 Å². The van der Waals surface area contributed by atoms with E-state index in [1.807, 2.05) is 6.07 Å². The van der Waals surface area contributed by atoms with Gasteiger partial charge in [-0.3, -0.25) is 10.1 Å². The molecule has 0 radical (unpaired) electrons. The number of hydrogen-bond acceptors (Lipinski definition) is 4. The Morgan fingerprint density at radius 2 is 1.56 bits per heavy atom. The fourth-order valence-electron chi connectivity index (χ4n) is 3.27. The smallest absolute Gasteiger partial charge is 0.442 e. The van der Waals surface area contributed by atoms with Crippen LogP contribution in [0.5, 0.6) is 0 Å². The SMILES string of the molecule is O=C(O)c1ccccc1-c1cccc2oc([N+](=O)[O-])c(-c3ccccc3)c12. The lowest BCUT2D eigenvalue weighted by atomic mass is 9.93. The first-order valence-electron chi connectivity index (χ1n) is 8.16. The summed E-state index contributed by atoms with van der Waals surface area (Å²) in [6.45, 7) is 0. The van der Waals surface area contributed by atoms with E-state index in [2.05, 4.69) is 0 Å². The lowest BCUT2D eigenvalue weighted by Gasteiger charge is -2.08.